The van der Waals surface area contributed by atoms with Gasteiger partial charge >= 0.3 is 6.03 Å². The smallest absolute Gasteiger partial charge is 0.326 e. The molecule has 0 aliphatic heterocycles. The highest BCUT2D eigenvalue weighted by Crippen LogP contribution is 2.11. The molecule has 1 heterocycles. The Morgan fingerprint density at radius 1 is 1.14 bits per heavy atom. The lowest BCUT2D eigenvalue weighted by molar-refractivity contribution is 0.262. The van der Waals surface area contributed by atoms with Crippen molar-refractivity contribution in [2.24, 2.45) is 5.73 Å². The van der Waals surface area contributed by atoms with E-state index in [1.807, 2.05) is 38.1 Å². The maximum atomic E-state index is 12.0. The number of hydrogen-bond donors (Lipinski definition) is 4. The average Bonchev–Trinajstić information content (AvgIpc) is 2.47. The van der Waals surface area contributed by atoms with Crippen LogP contribution in [0.4, 0.5) is 22.2 Å². The Morgan fingerprint density at radius 3 is 2.55 bits per heavy atom. The molecule has 7 heteroatoms. The molecule has 2 rings (SSSR count). The van der Waals surface area contributed by atoms with Crippen LogP contribution in [-0.2, 0) is 0 Å². The van der Waals surface area contributed by atoms with Gasteiger partial charge in [-0.25, -0.2) is 9.78 Å². The van der Waals surface area contributed by atoms with Crippen molar-refractivity contribution in [1.29, 1.82) is 0 Å². The van der Waals surface area contributed by atoms with Crippen molar-refractivity contribution in [3.8, 4) is 0 Å². The molecule has 0 aliphatic carbocycles. The molecule has 116 valence electrons. The predicted octanol–water partition coefficient (Wildman–Crippen LogP) is 2.11. The van der Waals surface area contributed by atoms with Crippen molar-refractivity contribution in [2.75, 3.05) is 29.0 Å². The molecule has 0 aliphatic rings. The fourth-order valence-corrected chi connectivity index (χ4v) is 1.82. The van der Waals surface area contributed by atoms with Crippen molar-refractivity contribution in [3.63, 3.8) is 0 Å². The standard InChI is InChI=1S/C15H20N6O/c1-10-3-5-12(6-4-10)19-15(22)21-14-18-11(2)9-13(20-14)17-8-7-16/h3-6,9H,7-8,16H2,1-2H3,(H3,17,18,19,20,21,22). The molecule has 0 unspecified atom stereocenters. The van der Waals surface area contributed by atoms with E-state index >= 15 is 0 Å². The minimum Gasteiger partial charge on any atom is -0.369 e. The van der Waals surface area contributed by atoms with Gasteiger partial charge in [-0.05, 0) is 26.0 Å². The fourth-order valence-electron chi connectivity index (χ4n) is 1.82. The minimum absolute atomic E-state index is 0.240. The highest BCUT2D eigenvalue weighted by molar-refractivity contribution is 5.98. The van der Waals surface area contributed by atoms with Gasteiger partial charge in [0.05, 0.1) is 0 Å². The first-order valence-corrected chi connectivity index (χ1v) is 7.01. The van der Waals surface area contributed by atoms with Gasteiger partial charge < -0.3 is 16.4 Å². The van der Waals surface area contributed by atoms with E-state index in [4.69, 9.17) is 5.73 Å². The van der Waals surface area contributed by atoms with Gasteiger partial charge in [-0.1, -0.05) is 17.7 Å². The number of urea groups is 1. The first kappa shape index (κ1) is 15.7. The Morgan fingerprint density at radius 2 is 1.86 bits per heavy atom. The first-order valence-electron chi connectivity index (χ1n) is 7.01. The van der Waals surface area contributed by atoms with Crippen LogP contribution >= 0.6 is 0 Å². The number of anilines is 3. The van der Waals surface area contributed by atoms with E-state index in [0.29, 0.717) is 24.6 Å². The monoisotopic (exact) mass is 300 g/mol. The number of carbonyl (C=O) groups excluding carboxylic acids is 1. The van der Waals surface area contributed by atoms with Crippen LogP contribution in [0.25, 0.3) is 0 Å². The topological polar surface area (TPSA) is 105 Å². The SMILES string of the molecule is Cc1ccc(NC(=O)Nc2nc(C)cc(NCCN)n2)cc1. The third-order valence-electron chi connectivity index (χ3n) is 2.84. The number of hydrogen-bond acceptors (Lipinski definition) is 5. The number of carbonyl (C=O) groups is 1. The summed E-state index contributed by atoms with van der Waals surface area (Å²) in [5, 5.41) is 8.41. The van der Waals surface area contributed by atoms with Gasteiger partial charge in [0.25, 0.3) is 0 Å². The number of nitrogens with one attached hydrogen (secondary N) is 3. The predicted molar refractivity (Wildman–Crippen MR) is 88.1 cm³/mol. The van der Waals surface area contributed by atoms with Crippen LogP contribution in [0.3, 0.4) is 0 Å². The molecule has 1 aromatic carbocycles. The molecule has 0 atom stereocenters. The van der Waals surface area contributed by atoms with E-state index in [1.54, 1.807) is 6.07 Å². The number of rotatable bonds is 5. The van der Waals surface area contributed by atoms with Crippen LogP contribution < -0.4 is 21.7 Å². The summed E-state index contributed by atoms with van der Waals surface area (Å²) in [5.41, 5.74) is 8.03. The molecule has 5 N–H and O–H groups in total. The van der Waals surface area contributed by atoms with E-state index in [2.05, 4.69) is 25.9 Å². The lowest BCUT2D eigenvalue weighted by Crippen LogP contribution is -2.21. The van der Waals surface area contributed by atoms with Crippen molar-refractivity contribution < 1.29 is 4.79 Å². The van der Waals surface area contributed by atoms with Gasteiger partial charge in [0, 0.05) is 30.5 Å². The van der Waals surface area contributed by atoms with E-state index in [9.17, 15) is 4.79 Å². The normalized spacial score (nSPS) is 10.1. The lowest BCUT2D eigenvalue weighted by atomic mass is 10.2. The summed E-state index contributed by atoms with van der Waals surface area (Å²) in [6.45, 7) is 4.92. The van der Waals surface area contributed by atoms with E-state index in [0.717, 1.165) is 11.3 Å². The zero-order valence-electron chi connectivity index (χ0n) is 12.7. The summed E-state index contributed by atoms with van der Waals surface area (Å²) in [7, 11) is 0. The van der Waals surface area contributed by atoms with Crippen LogP contribution in [0.5, 0.6) is 0 Å². The molecule has 0 bridgehead atoms. The second-order valence-electron chi connectivity index (χ2n) is 4.88. The molecule has 0 fully saturated rings. The summed E-state index contributed by atoms with van der Waals surface area (Å²) in [4.78, 5) is 20.4. The zero-order valence-corrected chi connectivity index (χ0v) is 12.7. The van der Waals surface area contributed by atoms with Crippen molar-refractivity contribution >= 4 is 23.5 Å². The molecule has 7 nitrogen and oxygen atoms in total. The van der Waals surface area contributed by atoms with E-state index < -0.39 is 0 Å². The molecule has 22 heavy (non-hydrogen) atoms. The van der Waals surface area contributed by atoms with Gasteiger partial charge in [0.2, 0.25) is 5.95 Å². The van der Waals surface area contributed by atoms with Crippen LogP contribution in [0, 0.1) is 13.8 Å². The Hall–Kier alpha value is -2.67. The van der Waals surface area contributed by atoms with Crippen LogP contribution in [0.1, 0.15) is 11.3 Å². The second kappa shape index (κ2) is 7.37. The summed E-state index contributed by atoms with van der Waals surface area (Å²) in [5.74, 6) is 0.868. The first-order chi connectivity index (χ1) is 10.6. The Kier molecular flexibility index (Phi) is 5.26. The fraction of sp³-hybridized carbons (Fsp3) is 0.267. The minimum atomic E-state index is -0.390. The molecule has 2 amide bonds. The van der Waals surface area contributed by atoms with Crippen molar-refractivity contribution in [1.82, 2.24) is 9.97 Å². The molecule has 1 aromatic heterocycles. The maximum absolute atomic E-state index is 12.0. The summed E-state index contributed by atoms with van der Waals surface area (Å²) in [6, 6.07) is 8.92. The highest BCUT2D eigenvalue weighted by atomic mass is 16.2. The van der Waals surface area contributed by atoms with Crippen molar-refractivity contribution in [2.45, 2.75) is 13.8 Å². The Balaban J connectivity index is 2.01. The summed E-state index contributed by atoms with van der Waals surface area (Å²) in [6.07, 6.45) is 0. The Labute approximate surface area is 129 Å². The average molecular weight is 300 g/mol. The largest absolute Gasteiger partial charge is 0.369 e. The van der Waals surface area contributed by atoms with Gasteiger partial charge in [-0.15, -0.1) is 0 Å². The molecule has 0 spiro atoms. The van der Waals surface area contributed by atoms with E-state index in [1.165, 1.54) is 0 Å². The molecule has 2 aromatic rings. The third kappa shape index (κ3) is 4.71. The van der Waals surface area contributed by atoms with Crippen LogP contribution in [0.15, 0.2) is 30.3 Å². The summed E-state index contributed by atoms with van der Waals surface area (Å²) < 4.78 is 0. The number of amides is 2. The molecule has 0 saturated heterocycles. The number of aryl methyl sites for hydroxylation is 2. The van der Waals surface area contributed by atoms with Gasteiger partial charge in [0.15, 0.2) is 0 Å². The Bertz CT molecular complexity index is 641. The maximum Gasteiger partial charge on any atom is 0.326 e. The highest BCUT2D eigenvalue weighted by Gasteiger charge is 2.07. The van der Waals surface area contributed by atoms with Gasteiger partial charge in [0.1, 0.15) is 5.82 Å². The quantitative estimate of drug-likeness (QED) is 0.677. The number of aromatic nitrogens is 2. The molecule has 0 radical (unpaired) electrons. The summed E-state index contributed by atoms with van der Waals surface area (Å²) >= 11 is 0. The van der Waals surface area contributed by atoms with Crippen LogP contribution in [-0.4, -0.2) is 29.1 Å². The number of benzene rings is 1. The molecule has 0 saturated carbocycles. The lowest BCUT2D eigenvalue weighted by Gasteiger charge is -2.09. The number of nitrogens with zero attached hydrogens (tertiary/aromatic N) is 2. The van der Waals surface area contributed by atoms with Gasteiger partial charge in [-0.2, -0.15) is 4.98 Å². The third-order valence-corrected chi connectivity index (χ3v) is 2.84. The zero-order chi connectivity index (χ0) is 15.9. The molecular weight excluding hydrogens is 280 g/mol. The van der Waals surface area contributed by atoms with Crippen LogP contribution in [0.2, 0.25) is 0 Å². The van der Waals surface area contributed by atoms with Crippen molar-refractivity contribution in [3.05, 3.63) is 41.6 Å². The number of nitrogens with two attached hydrogens (primary N) is 1. The van der Waals surface area contributed by atoms with E-state index in [-0.39, 0.29) is 12.0 Å². The van der Waals surface area contributed by atoms with Gasteiger partial charge in [-0.3, -0.25) is 5.32 Å². The second-order valence-corrected chi connectivity index (χ2v) is 4.88. The molecular formula is C15H20N6O.